The lowest BCUT2D eigenvalue weighted by atomic mass is 9.96. The fraction of sp³-hybridized carbons (Fsp3) is 0.429. The number of allylic oxidation sites excluding steroid dienone is 1. The Balaban J connectivity index is 2.00. The zero-order valence-corrected chi connectivity index (χ0v) is 9.44. The van der Waals surface area contributed by atoms with Crippen LogP contribution in [-0.4, -0.2) is 6.10 Å². The lowest BCUT2D eigenvalue weighted by molar-refractivity contribution is 0.221. The maximum Gasteiger partial charge on any atom is 0.120 e. The van der Waals surface area contributed by atoms with Crippen molar-refractivity contribution in [3.05, 3.63) is 42.0 Å². The fourth-order valence-electron chi connectivity index (χ4n) is 1.89. The van der Waals surface area contributed by atoms with E-state index in [4.69, 9.17) is 4.74 Å². The van der Waals surface area contributed by atoms with E-state index in [2.05, 4.69) is 38.1 Å². The summed E-state index contributed by atoms with van der Waals surface area (Å²) in [6.07, 6.45) is 7.07. The molecule has 1 aliphatic rings. The Morgan fingerprint density at radius 2 is 2.07 bits per heavy atom. The molecule has 2 unspecified atom stereocenters. The summed E-state index contributed by atoms with van der Waals surface area (Å²) in [6.45, 7) is 4.34. The van der Waals surface area contributed by atoms with Crippen LogP contribution in [0.1, 0.15) is 25.3 Å². The van der Waals surface area contributed by atoms with Crippen LogP contribution in [0.4, 0.5) is 0 Å². The van der Waals surface area contributed by atoms with Crippen LogP contribution in [0.3, 0.4) is 0 Å². The van der Waals surface area contributed by atoms with Crippen LogP contribution in [-0.2, 0) is 0 Å². The lowest BCUT2D eigenvalue weighted by Crippen LogP contribution is -2.18. The molecule has 1 aromatic carbocycles. The molecule has 0 fully saturated rings. The third-order valence-corrected chi connectivity index (χ3v) is 2.84. The largest absolute Gasteiger partial charge is 0.486 e. The predicted octanol–water partition coefficient (Wildman–Crippen LogP) is 3.73. The molecule has 1 aliphatic carbocycles. The van der Waals surface area contributed by atoms with Gasteiger partial charge in [-0.3, -0.25) is 0 Å². The fourth-order valence-corrected chi connectivity index (χ4v) is 1.89. The average Bonchev–Trinajstić information content (AvgIpc) is 2.22. The van der Waals surface area contributed by atoms with Crippen LogP contribution in [0.25, 0.3) is 0 Å². The molecule has 0 spiro atoms. The average molecular weight is 202 g/mol. The number of aryl methyl sites for hydroxylation is 1. The highest BCUT2D eigenvalue weighted by Crippen LogP contribution is 2.22. The van der Waals surface area contributed by atoms with Gasteiger partial charge in [-0.1, -0.05) is 25.1 Å². The van der Waals surface area contributed by atoms with Crippen LogP contribution in [0.2, 0.25) is 0 Å². The Hall–Kier alpha value is -1.24. The molecule has 0 bridgehead atoms. The van der Waals surface area contributed by atoms with Crippen molar-refractivity contribution in [2.75, 3.05) is 0 Å². The number of hydrogen-bond acceptors (Lipinski definition) is 1. The molecule has 0 aromatic heterocycles. The van der Waals surface area contributed by atoms with E-state index in [0.717, 1.165) is 12.2 Å². The lowest BCUT2D eigenvalue weighted by Gasteiger charge is -2.21. The van der Waals surface area contributed by atoms with Gasteiger partial charge in [-0.05, 0) is 49.5 Å². The van der Waals surface area contributed by atoms with Gasteiger partial charge in [0.1, 0.15) is 11.9 Å². The molecule has 1 heteroatoms. The quantitative estimate of drug-likeness (QED) is 0.664. The zero-order valence-electron chi connectivity index (χ0n) is 9.44. The molecule has 0 saturated carbocycles. The third-order valence-electron chi connectivity index (χ3n) is 2.84. The van der Waals surface area contributed by atoms with Crippen molar-refractivity contribution in [1.29, 1.82) is 0 Å². The molecule has 2 rings (SSSR count). The summed E-state index contributed by atoms with van der Waals surface area (Å²) < 4.78 is 5.90. The summed E-state index contributed by atoms with van der Waals surface area (Å²) in [5.74, 6) is 1.70. The van der Waals surface area contributed by atoms with Crippen LogP contribution < -0.4 is 4.74 Å². The standard InChI is InChI=1S/C14H18O/c1-11-6-8-13(9-7-11)15-14-5-3-4-12(2)10-14/h3-6,8,10-11,13H,7,9H2,1-2H3. The van der Waals surface area contributed by atoms with Crippen molar-refractivity contribution in [3.8, 4) is 5.75 Å². The summed E-state index contributed by atoms with van der Waals surface area (Å²) in [7, 11) is 0. The molecule has 2 atom stereocenters. The number of hydrogen-bond donors (Lipinski definition) is 0. The Bertz CT molecular complexity index is 354. The van der Waals surface area contributed by atoms with Crippen molar-refractivity contribution < 1.29 is 4.74 Å². The van der Waals surface area contributed by atoms with E-state index in [1.54, 1.807) is 0 Å². The minimum Gasteiger partial charge on any atom is -0.486 e. The highest BCUT2D eigenvalue weighted by atomic mass is 16.5. The minimum atomic E-state index is 0.267. The Morgan fingerprint density at radius 1 is 1.20 bits per heavy atom. The second-order valence-corrected chi connectivity index (χ2v) is 4.41. The van der Waals surface area contributed by atoms with Gasteiger partial charge in [0.05, 0.1) is 0 Å². The molecule has 0 heterocycles. The molecule has 1 nitrogen and oxygen atoms in total. The van der Waals surface area contributed by atoms with Gasteiger partial charge in [0.15, 0.2) is 0 Å². The second kappa shape index (κ2) is 4.52. The maximum absolute atomic E-state index is 5.90. The Kier molecular flexibility index (Phi) is 3.10. The molecule has 0 N–H and O–H groups in total. The van der Waals surface area contributed by atoms with Gasteiger partial charge < -0.3 is 4.74 Å². The first-order valence-corrected chi connectivity index (χ1v) is 5.66. The van der Waals surface area contributed by atoms with Gasteiger partial charge in [-0.2, -0.15) is 0 Å². The number of benzene rings is 1. The van der Waals surface area contributed by atoms with Crippen LogP contribution in [0, 0.1) is 12.8 Å². The first kappa shape index (κ1) is 10.3. The highest BCUT2D eigenvalue weighted by Gasteiger charge is 2.13. The summed E-state index contributed by atoms with van der Waals surface area (Å²) in [4.78, 5) is 0. The molecule has 0 aliphatic heterocycles. The van der Waals surface area contributed by atoms with Crippen LogP contribution in [0.15, 0.2) is 36.4 Å². The smallest absolute Gasteiger partial charge is 0.120 e. The van der Waals surface area contributed by atoms with Crippen LogP contribution in [0.5, 0.6) is 5.75 Å². The predicted molar refractivity (Wildman–Crippen MR) is 63.1 cm³/mol. The van der Waals surface area contributed by atoms with Crippen molar-refractivity contribution in [2.45, 2.75) is 32.8 Å². The number of rotatable bonds is 2. The van der Waals surface area contributed by atoms with E-state index in [-0.39, 0.29) is 6.10 Å². The van der Waals surface area contributed by atoms with E-state index >= 15 is 0 Å². The third kappa shape index (κ3) is 2.85. The molecule has 15 heavy (non-hydrogen) atoms. The van der Waals surface area contributed by atoms with E-state index in [0.29, 0.717) is 5.92 Å². The van der Waals surface area contributed by atoms with Gasteiger partial charge in [-0.25, -0.2) is 0 Å². The van der Waals surface area contributed by atoms with Gasteiger partial charge in [0.2, 0.25) is 0 Å². The van der Waals surface area contributed by atoms with Crippen molar-refractivity contribution >= 4 is 0 Å². The summed E-state index contributed by atoms with van der Waals surface area (Å²) in [6, 6.07) is 8.25. The topological polar surface area (TPSA) is 9.23 Å². The molecule has 0 saturated heterocycles. The summed E-state index contributed by atoms with van der Waals surface area (Å²) >= 11 is 0. The normalized spacial score (nSPS) is 25.2. The van der Waals surface area contributed by atoms with E-state index in [1.165, 1.54) is 12.0 Å². The molecule has 0 radical (unpaired) electrons. The SMILES string of the molecule is Cc1cccc(OC2C=CC(C)CC2)c1. The second-order valence-electron chi connectivity index (χ2n) is 4.41. The van der Waals surface area contributed by atoms with Crippen molar-refractivity contribution in [1.82, 2.24) is 0 Å². The van der Waals surface area contributed by atoms with Crippen molar-refractivity contribution in [2.24, 2.45) is 5.92 Å². The zero-order chi connectivity index (χ0) is 10.7. The Labute approximate surface area is 91.8 Å². The Morgan fingerprint density at radius 3 is 2.73 bits per heavy atom. The molecular weight excluding hydrogens is 184 g/mol. The molecular formula is C14H18O. The number of ether oxygens (including phenoxy) is 1. The monoisotopic (exact) mass is 202 g/mol. The van der Waals surface area contributed by atoms with Gasteiger partial charge in [0.25, 0.3) is 0 Å². The maximum atomic E-state index is 5.90. The summed E-state index contributed by atoms with van der Waals surface area (Å²) in [5.41, 5.74) is 1.25. The van der Waals surface area contributed by atoms with Gasteiger partial charge in [0, 0.05) is 0 Å². The van der Waals surface area contributed by atoms with Gasteiger partial charge >= 0.3 is 0 Å². The van der Waals surface area contributed by atoms with Gasteiger partial charge in [-0.15, -0.1) is 0 Å². The van der Waals surface area contributed by atoms with E-state index in [9.17, 15) is 0 Å². The van der Waals surface area contributed by atoms with Crippen LogP contribution >= 0.6 is 0 Å². The molecule has 1 aromatic rings. The van der Waals surface area contributed by atoms with Crippen molar-refractivity contribution in [3.63, 3.8) is 0 Å². The molecule has 0 amide bonds. The van der Waals surface area contributed by atoms with E-state index < -0.39 is 0 Å². The minimum absolute atomic E-state index is 0.267. The first-order valence-electron chi connectivity index (χ1n) is 5.66. The summed E-state index contributed by atoms with van der Waals surface area (Å²) in [5, 5.41) is 0. The molecule has 80 valence electrons. The first-order chi connectivity index (χ1) is 7.24. The van der Waals surface area contributed by atoms with E-state index in [1.807, 2.05) is 12.1 Å². The highest BCUT2D eigenvalue weighted by molar-refractivity contribution is 5.28.